The third kappa shape index (κ3) is 77.7. The molecular formula is C85H162O17P2. The van der Waals surface area contributed by atoms with Gasteiger partial charge in [0.15, 0.2) is 12.2 Å². The van der Waals surface area contributed by atoms with Crippen molar-refractivity contribution < 1.29 is 80.2 Å². The van der Waals surface area contributed by atoms with Crippen LogP contribution in [0.2, 0.25) is 0 Å². The molecule has 17 nitrogen and oxygen atoms in total. The third-order valence-corrected chi connectivity index (χ3v) is 21.3. The first kappa shape index (κ1) is 102. The van der Waals surface area contributed by atoms with E-state index >= 15 is 0 Å². The molecule has 0 aromatic heterocycles. The summed E-state index contributed by atoms with van der Waals surface area (Å²) in [4.78, 5) is 73.2. The molecule has 0 aliphatic heterocycles. The second-order valence-electron chi connectivity index (χ2n) is 30.4. The summed E-state index contributed by atoms with van der Waals surface area (Å²) in [5.41, 5.74) is 0. The summed E-state index contributed by atoms with van der Waals surface area (Å²) in [6, 6.07) is 0. The number of aliphatic hydroxyl groups excluding tert-OH is 1. The molecular weight excluding hydrogens is 1350 g/mol. The van der Waals surface area contributed by atoms with Crippen LogP contribution in [-0.2, 0) is 65.4 Å². The average Bonchev–Trinajstić information content (AvgIpc) is 0.903. The molecule has 0 bridgehead atoms. The third-order valence-electron chi connectivity index (χ3n) is 19.4. The quantitative estimate of drug-likeness (QED) is 0.0169. The van der Waals surface area contributed by atoms with Gasteiger partial charge in [0.25, 0.3) is 0 Å². The van der Waals surface area contributed by atoms with Crippen LogP contribution in [-0.4, -0.2) is 96.7 Å². The van der Waals surface area contributed by atoms with Crippen molar-refractivity contribution in [3.05, 3.63) is 24.3 Å². The molecule has 0 radical (unpaired) electrons. The number of allylic oxidation sites excluding steroid dienone is 4. The van der Waals surface area contributed by atoms with E-state index in [0.717, 1.165) is 109 Å². The molecule has 0 spiro atoms. The van der Waals surface area contributed by atoms with Crippen LogP contribution in [0.15, 0.2) is 24.3 Å². The van der Waals surface area contributed by atoms with E-state index in [1.807, 2.05) is 0 Å². The molecule has 5 atom stereocenters. The van der Waals surface area contributed by atoms with E-state index in [-0.39, 0.29) is 25.7 Å². The highest BCUT2D eigenvalue weighted by molar-refractivity contribution is 7.47. The Morgan fingerprint density at radius 3 is 0.788 bits per heavy atom. The average molecular weight is 1520 g/mol. The number of rotatable bonds is 83. The van der Waals surface area contributed by atoms with Crippen molar-refractivity contribution in [1.82, 2.24) is 0 Å². The Kier molecular flexibility index (Phi) is 75.4. The Labute approximate surface area is 637 Å². The Morgan fingerprint density at radius 1 is 0.298 bits per heavy atom. The van der Waals surface area contributed by atoms with Crippen molar-refractivity contribution >= 4 is 39.5 Å². The minimum atomic E-state index is -4.97. The molecule has 614 valence electrons. The normalized spacial score (nSPS) is 13.9. The van der Waals surface area contributed by atoms with Gasteiger partial charge in [-0.25, -0.2) is 9.13 Å². The molecule has 0 heterocycles. The largest absolute Gasteiger partial charge is 0.472 e. The van der Waals surface area contributed by atoms with Gasteiger partial charge in [0, 0.05) is 25.7 Å². The van der Waals surface area contributed by atoms with Crippen molar-refractivity contribution in [2.24, 2.45) is 5.92 Å². The number of carbonyl (C=O) groups is 4. The Balaban J connectivity index is 5.29. The summed E-state index contributed by atoms with van der Waals surface area (Å²) in [7, 11) is -9.94. The van der Waals surface area contributed by atoms with Crippen molar-refractivity contribution in [1.29, 1.82) is 0 Å². The predicted octanol–water partition coefficient (Wildman–Crippen LogP) is 25.5. The Morgan fingerprint density at radius 2 is 0.519 bits per heavy atom. The van der Waals surface area contributed by atoms with Crippen molar-refractivity contribution in [3.63, 3.8) is 0 Å². The minimum Gasteiger partial charge on any atom is -0.462 e. The number of carbonyl (C=O) groups excluding carboxylic acids is 4. The standard InChI is InChI=1S/C85H162O17P2/c1-6-9-12-15-18-21-24-27-29-30-35-39-44-49-54-59-64-69-83(88)96-75-81(102-85(90)71-66-61-56-51-46-41-36-32-31-34-38-42-47-52-57-62-67-78(4)5)77-100-104(93,94)98-73-79(86)72-97-103(91,92)99-76-80(74-95-82(87)68-63-58-53-48-43-37-26-23-20-17-14-11-8-3)101-84(89)70-65-60-55-50-45-40-33-28-25-22-19-16-13-10-7-2/h22,25,28,33,78-81,86H,6-21,23-24,26-27,29-32,34-77H2,1-5H3,(H,91,92)(H,93,94)/b25-22-,33-28-/t79-,80+,81+/m0/s1. The summed E-state index contributed by atoms with van der Waals surface area (Å²) in [5.74, 6) is -1.32. The summed E-state index contributed by atoms with van der Waals surface area (Å²) in [6.07, 6.45) is 72.8. The van der Waals surface area contributed by atoms with Gasteiger partial charge in [-0.15, -0.1) is 0 Å². The topological polar surface area (TPSA) is 237 Å². The fourth-order valence-electron chi connectivity index (χ4n) is 12.8. The van der Waals surface area contributed by atoms with Gasteiger partial charge in [-0.2, -0.15) is 0 Å². The number of phosphoric acid groups is 2. The second kappa shape index (κ2) is 77.3. The van der Waals surface area contributed by atoms with E-state index in [1.54, 1.807) is 0 Å². The Bertz CT molecular complexity index is 2070. The lowest BCUT2D eigenvalue weighted by Gasteiger charge is -2.21. The lowest BCUT2D eigenvalue weighted by atomic mass is 10.0. The van der Waals surface area contributed by atoms with Gasteiger partial charge in [-0.3, -0.25) is 37.3 Å². The van der Waals surface area contributed by atoms with Gasteiger partial charge >= 0.3 is 39.5 Å². The minimum absolute atomic E-state index is 0.0859. The van der Waals surface area contributed by atoms with Crippen LogP contribution in [0.3, 0.4) is 0 Å². The SMILES string of the molecule is CCCCCC/C=C\C=C/CCCCCCCC(=O)O[C@H](COC(=O)CCCCCCCCCCCCCCC)COP(=O)(O)OC[C@H](O)COP(=O)(O)OC[C@@H](COC(=O)CCCCCCCCCCCCCCCCCCC)OC(=O)CCCCCCCCCCCCCCCCCCC(C)C. The molecule has 0 aromatic rings. The van der Waals surface area contributed by atoms with Crippen molar-refractivity contribution in [2.75, 3.05) is 39.6 Å². The molecule has 0 aromatic carbocycles. The van der Waals surface area contributed by atoms with Crippen LogP contribution in [0.1, 0.15) is 433 Å². The van der Waals surface area contributed by atoms with E-state index in [9.17, 15) is 43.2 Å². The molecule has 0 fully saturated rings. The molecule has 19 heteroatoms. The van der Waals surface area contributed by atoms with Crippen LogP contribution in [0.4, 0.5) is 0 Å². The lowest BCUT2D eigenvalue weighted by Crippen LogP contribution is -2.30. The van der Waals surface area contributed by atoms with E-state index in [0.29, 0.717) is 25.7 Å². The van der Waals surface area contributed by atoms with Crippen molar-refractivity contribution in [3.8, 4) is 0 Å². The summed E-state index contributed by atoms with van der Waals surface area (Å²) < 4.78 is 68.8. The fourth-order valence-corrected chi connectivity index (χ4v) is 14.3. The number of hydrogen-bond donors (Lipinski definition) is 3. The monoisotopic (exact) mass is 1520 g/mol. The van der Waals surface area contributed by atoms with Crippen LogP contribution in [0.5, 0.6) is 0 Å². The maximum Gasteiger partial charge on any atom is 0.472 e. The number of aliphatic hydroxyl groups is 1. The molecule has 3 N–H and O–H groups in total. The summed E-state index contributed by atoms with van der Waals surface area (Å²) >= 11 is 0. The van der Waals surface area contributed by atoms with Gasteiger partial charge in [0.2, 0.25) is 0 Å². The maximum absolute atomic E-state index is 13.1. The molecule has 0 rings (SSSR count). The molecule has 104 heavy (non-hydrogen) atoms. The van der Waals surface area contributed by atoms with Crippen LogP contribution in [0.25, 0.3) is 0 Å². The molecule has 0 aliphatic carbocycles. The highest BCUT2D eigenvalue weighted by Crippen LogP contribution is 2.45. The van der Waals surface area contributed by atoms with E-state index in [2.05, 4.69) is 58.9 Å². The smallest absolute Gasteiger partial charge is 0.462 e. The molecule has 0 saturated carbocycles. The van der Waals surface area contributed by atoms with Crippen LogP contribution < -0.4 is 0 Å². The zero-order valence-corrected chi connectivity index (χ0v) is 69.4. The number of ether oxygens (including phenoxy) is 4. The van der Waals surface area contributed by atoms with Gasteiger partial charge in [-0.1, -0.05) is 380 Å². The van der Waals surface area contributed by atoms with E-state index < -0.39 is 97.5 Å². The first-order chi connectivity index (χ1) is 50.5. The Hall–Kier alpha value is -2.46. The van der Waals surface area contributed by atoms with Gasteiger partial charge in [-0.05, 0) is 57.3 Å². The zero-order chi connectivity index (χ0) is 76.2. The fraction of sp³-hybridized carbons (Fsp3) is 0.906. The van der Waals surface area contributed by atoms with Gasteiger partial charge in [0.05, 0.1) is 26.4 Å². The highest BCUT2D eigenvalue weighted by atomic mass is 31.2. The van der Waals surface area contributed by atoms with E-state index in [1.165, 1.54) is 244 Å². The molecule has 0 amide bonds. The molecule has 0 aliphatic rings. The van der Waals surface area contributed by atoms with Crippen molar-refractivity contribution in [2.45, 2.75) is 451 Å². The highest BCUT2D eigenvalue weighted by Gasteiger charge is 2.30. The van der Waals surface area contributed by atoms with Crippen LogP contribution >= 0.6 is 15.6 Å². The van der Waals surface area contributed by atoms with Gasteiger partial charge < -0.3 is 33.8 Å². The zero-order valence-electron chi connectivity index (χ0n) is 67.7. The van der Waals surface area contributed by atoms with E-state index in [4.69, 9.17) is 37.0 Å². The number of hydrogen-bond acceptors (Lipinski definition) is 15. The predicted molar refractivity (Wildman–Crippen MR) is 428 cm³/mol. The first-order valence-corrected chi connectivity index (χ1v) is 46.4. The lowest BCUT2D eigenvalue weighted by molar-refractivity contribution is -0.161. The van der Waals surface area contributed by atoms with Gasteiger partial charge in [0.1, 0.15) is 19.3 Å². The first-order valence-electron chi connectivity index (χ1n) is 43.5. The summed E-state index contributed by atoms with van der Waals surface area (Å²) in [5, 5.41) is 10.7. The maximum atomic E-state index is 13.1. The summed E-state index contributed by atoms with van der Waals surface area (Å²) in [6.45, 7) is 7.33. The molecule has 2 unspecified atom stereocenters. The van der Waals surface area contributed by atoms with Crippen LogP contribution in [0, 0.1) is 5.92 Å². The second-order valence-corrected chi connectivity index (χ2v) is 33.3. The molecule has 0 saturated heterocycles. The number of unbranched alkanes of at least 4 members (excludes halogenated alkanes) is 52. The number of esters is 4. The number of phosphoric ester groups is 2.